The van der Waals surface area contributed by atoms with Crippen molar-refractivity contribution >= 4 is 22.4 Å². The standard InChI is InChI=1S/C23H25F2N7O4S/c24-19-3-1-17(2-4-19)18-11-28-23(29-12-18)30-7-9-31(10-8-30)37(35,36)15-21(32(34)16-33)5-6-22-26-13-20(25)14-27-22/h1-4,11-14,16,21,34H,5-10,15H2. The van der Waals surface area contributed by atoms with E-state index in [4.69, 9.17) is 0 Å². The zero-order valence-electron chi connectivity index (χ0n) is 19.7. The van der Waals surface area contributed by atoms with Crippen molar-refractivity contribution in [3.8, 4) is 11.1 Å². The van der Waals surface area contributed by atoms with Crippen LogP contribution in [0.15, 0.2) is 49.1 Å². The van der Waals surface area contributed by atoms with E-state index < -0.39 is 27.6 Å². The largest absolute Gasteiger partial charge is 0.338 e. The van der Waals surface area contributed by atoms with Crippen LogP contribution in [0.25, 0.3) is 11.1 Å². The summed E-state index contributed by atoms with van der Waals surface area (Å²) in [5.41, 5.74) is 1.50. The second-order valence-electron chi connectivity index (χ2n) is 8.44. The zero-order valence-corrected chi connectivity index (χ0v) is 20.5. The Kier molecular flexibility index (Phi) is 8.31. The Morgan fingerprint density at radius 3 is 2.14 bits per heavy atom. The van der Waals surface area contributed by atoms with Crippen LogP contribution >= 0.6 is 0 Å². The third-order valence-corrected chi connectivity index (χ3v) is 7.95. The van der Waals surface area contributed by atoms with Crippen molar-refractivity contribution in [2.45, 2.75) is 18.9 Å². The van der Waals surface area contributed by atoms with E-state index in [0.29, 0.717) is 24.1 Å². The number of halogens is 2. The van der Waals surface area contributed by atoms with Crippen LogP contribution in [-0.2, 0) is 21.2 Å². The van der Waals surface area contributed by atoms with E-state index in [2.05, 4.69) is 19.9 Å². The van der Waals surface area contributed by atoms with Gasteiger partial charge in [-0.25, -0.2) is 42.2 Å². The van der Waals surface area contributed by atoms with Crippen molar-refractivity contribution < 1.29 is 27.2 Å². The maximum absolute atomic E-state index is 13.1. The molecule has 0 radical (unpaired) electrons. The Morgan fingerprint density at radius 1 is 0.919 bits per heavy atom. The highest BCUT2D eigenvalue weighted by molar-refractivity contribution is 7.89. The molecule has 1 fully saturated rings. The Morgan fingerprint density at radius 2 is 1.54 bits per heavy atom. The molecule has 0 saturated carbocycles. The molecule has 37 heavy (non-hydrogen) atoms. The Labute approximate surface area is 212 Å². The third kappa shape index (κ3) is 6.78. The molecule has 14 heteroatoms. The molecule has 1 atom stereocenters. The number of hydrogen-bond acceptors (Lipinski definition) is 9. The maximum atomic E-state index is 13.1. The minimum Gasteiger partial charge on any atom is -0.338 e. The monoisotopic (exact) mass is 533 g/mol. The third-order valence-electron chi connectivity index (χ3n) is 5.99. The van der Waals surface area contributed by atoms with Gasteiger partial charge in [-0.15, -0.1) is 0 Å². The summed E-state index contributed by atoms with van der Waals surface area (Å²) in [5.74, 6) is -0.718. The van der Waals surface area contributed by atoms with Gasteiger partial charge in [0.15, 0.2) is 5.82 Å². The molecule has 1 saturated heterocycles. The molecule has 1 aliphatic heterocycles. The number of aryl methyl sites for hydroxylation is 1. The van der Waals surface area contributed by atoms with Crippen molar-refractivity contribution in [2.75, 3.05) is 36.8 Å². The fourth-order valence-corrected chi connectivity index (χ4v) is 5.67. The smallest absolute Gasteiger partial charge is 0.233 e. The van der Waals surface area contributed by atoms with Gasteiger partial charge in [-0.3, -0.25) is 10.0 Å². The number of amides is 1. The minimum absolute atomic E-state index is 0.0638. The van der Waals surface area contributed by atoms with E-state index in [1.165, 1.54) is 16.4 Å². The van der Waals surface area contributed by atoms with Crippen molar-refractivity contribution in [3.63, 3.8) is 0 Å². The zero-order chi connectivity index (χ0) is 26.4. The normalized spacial score (nSPS) is 15.4. The first kappa shape index (κ1) is 26.4. The van der Waals surface area contributed by atoms with Crippen molar-refractivity contribution in [1.29, 1.82) is 0 Å². The number of rotatable bonds is 10. The second-order valence-corrected chi connectivity index (χ2v) is 10.5. The molecule has 1 unspecified atom stereocenters. The van der Waals surface area contributed by atoms with Gasteiger partial charge in [0.2, 0.25) is 22.4 Å². The highest BCUT2D eigenvalue weighted by Crippen LogP contribution is 2.21. The topological polar surface area (TPSA) is 133 Å². The molecule has 1 aromatic carbocycles. The lowest BCUT2D eigenvalue weighted by Gasteiger charge is -2.35. The molecule has 1 amide bonds. The van der Waals surface area contributed by atoms with Gasteiger partial charge in [0.25, 0.3) is 0 Å². The average molecular weight is 534 g/mol. The number of carbonyl (C=O) groups is 1. The summed E-state index contributed by atoms with van der Waals surface area (Å²) in [4.78, 5) is 29.4. The predicted molar refractivity (Wildman–Crippen MR) is 129 cm³/mol. The average Bonchev–Trinajstić information content (AvgIpc) is 2.92. The molecule has 4 rings (SSSR count). The van der Waals surface area contributed by atoms with E-state index in [0.717, 1.165) is 23.5 Å². The quantitative estimate of drug-likeness (QED) is 0.234. The molecule has 0 spiro atoms. The lowest BCUT2D eigenvalue weighted by molar-refractivity contribution is -0.158. The molecule has 3 heterocycles. The molecule has 3 aromatic rings. The van der Waals surface area contributed by atoms with E-state index in [-0.39, 0.29) is 44.0 Å². The van der Waals surface area contributed by atoms with Crippen LogP contribution < -0.4 is 4.90 Å². The molecule has 1 aliphatic rings. The van der Waals surface area contributed by atoms with Gasteiger partial charge in [0, 0.05) is 50.6 Å². The van der Waals surface area contributed by atoms with E-state index in [1.54, 1.807) is 24.5 Å². The van der Waals surface area contributed by atoms with Gasteiger partial charge in [-0.2, -0.15) is 4.31 Å². The molecular weight excluding hydrogens is 508 g/mol. The first-order valence-corrected chi connectivity index (χ1v) is 13.1. The molecule has 2 aromatic heterocycles. The number of hydrogen-bond donors (Lipinski definition) is 1. The molecular formula is C23H25F2N7O4S. The van der Waals surface area contributed by atoms with Crippen LogP contribution in [0.2, 0.25) is 0 Å². The van der Waals surface area contributed by atoms with Gasteiger partial charge in [-0.05, 0) is 24.1 Å². The Bertz CT molecular complexity index is 1290. The van der Waals surface area contributed by atoms with Crippen molar-refractivity contribution in [3.05, 3.63) is 66.5 Å². The van der Waals surface area contributed by atoms with Crippen LogP contribution in [0.4, 0.5) is 14.7 Å². The first-order valence-electron chi connectivity index (χ1n) is 11.4. The first-order chi connectivity index (χ1) is 17.7. The minimum atomic E-state index is -3.83. The number of sulfonamides is 1. The number of benzene rings is 1. The Hall–Kier alpha value is -3.62. The van der Waals surface area contributed by atoms with E-state index in [1.807, 2.05) is 4.90 Å². The van der Waals surface area contributed by atoms with Gasteiger partial charge < -0.3 is 4.90 Å². The summed E-state index contributed by atoms with van der Waals surface area (Å²) in [6.45, 7) is 1.04. The maximum Gasteiger partial charge on any atom is 0.233 e. The van der Waals surface area contributed by atoms with Crippen LogP contribution in [-0.4, -0.2) is 87.3 Å². The summed E-state index contributed by atoms with van der Waals surface area (Å²) in [6, 6.07) is 4.95. The molecule has 0 aliphatic carbocycles. The lowest BCUT2D eigenvalue weighted by Crippen LogP contribution is -2.51. The van der Waals surface area contributed by atoms with Crippen LogP contribution in [0.3, 0.4) is 0 Å². The number of aromatic nitrogens is 4. The fraction of sp³-hybridized carbons (Fsp3) is 0.348. The van der Waals surface area contributed by atoms with Crippen molar-refractivity contribution in [2.24, 2.45) is 0 Å². The number of hydroxylamine groups is 2. The van der Waals surface area contributed by atoms with Crippen LogP contribution in [0.1, 0.15) is 12.2 Å². The number of piperazine rings is 1. The van der Waals surface area contributed by atoms with Crippen LogP contribution in [0, 0.1) is 11.6 Å². The van der Waals surface area contributed by atoms with Gasteiger partial charge in [-0.1, -0.05) is 12.1 Å². The van der Waals surface area contributed by atoms with Crippen LogP contribution in [0.5, 0.6) is 0 Å². The van der Waals surface area contributed by atoms with E-state index in [9.17, 15) is 27.2 Å². The molecule has 196 valence electrons. The number of anilines is 1. The predicted octanol–water partition coefficient (Wildman–Crippen LogP) is 1.51. The van der Waals surface area contributed by atoms with Gasteiger partial charge >= 0.3 is 0 Å². The highest BCUT2D eigenvalue weighted by Gasteiger charge is 2.32. The summed E-state index contributed by atoms with van der Waals surface area (Å²) < 4.78 is 53.6. The van der Waals surface area contributed by atoms with Gasteiger partial charge in [0.05, 0.1) is 24.2 Å². The molecule has 0 bridgehead atoms. The number of carbonyl (C=O) groups excluding carboxylic acids is 1. The second kappa shape index (κ2) is 11.6. The van der Waals surface area contributed by atoms with Gasteiger partial charge in [0.1, 0.15) is 11.6 Å². The fourth-order valence-electron chi connectivity index (χ4n) is 3.93. The summed E-state index contributed by atoms with van der Waals surface area (Å²) >= 11 is 0. The van der Waals surface area contributed by atoms with Crippen molar-refractivity contribution in [1.82, 2.24) is 29.3 Å². The lowest BCUT2D eigenvalue weighted by atomic mass is 10.1. The van der Waals surface area contributed by atoms with E-state index >= 15 is 0 Å². The summed E-state index contributed by atoms with van der Waals surface area (Å²) in [5, 5.41) is 10.3. The number of nitrogens with zero attached hydrogens (tertiary/aromatic N) is 7. The molecule has 1 N–H and O–H groups in total. The SMILES string of the molecule is O=CN(O)C(CCc1ncc(F)cn1)CS(=O)(=O)N1CCN(c2ncc(-c3ccc(F)cc3)cn2)CC1. The highest BCUT2D eigenvalue weighted by atomic mass is 32.2. The summed E-state index contributed by atoms with van der Waals surface area (Å²) in [6.07, 6.45) is 5.59. The molecule has 11 nitrogen and oxygen atoms in total. The Balaban J connectivity index is 1.34. The summed E-state index contributed by atoms with van der Waals surface area (Å²) in [7, 11) is -3.83.